The number of carboxylic acid groups (broad SMARTS) is 1. The van der Waals surface area contributed by atoms with Gasteiger partial charge in [0.2, 0.25) is 0 Å². The molecule has 0 spiro atoms. The number of amides is 1. The van der Waals surface area contributed by atoms with Crippen molar-refractivity contribution >= 4 is 22.7 Å². The van der Waals surface area contributed by atoms with Gasteiger partial charge in [-0.3, -0.25) is 13.8 Å². The van der Waals surface area contributed by atoms with Crippen LogP contribution in [0.4, 0.5) is 0 Å². The Kier molecular flexibility index (Phi) is 5.34. The van der Waals surface area contributed by atoms with Crippen LogP contribution in [0.5, 0.6) is 0 Å². The van der Waals surface area contributed by atoms with Gasteiger partial charge in [0.05, 0.1) is 5.92 Å². The summed E-state index contributed by atoms with van der Waals surface area (Å²) in [7, 11) is -0.963. The first-order valence-electron chi connectivity index (χ1n) is 7.31. The maximum Gasteiger partial charge on any atom is 0.308 e. The summed E-state index contributed by atoms with van der Waals surface area (Å²) in [6, 6.07) is 7.26. The molecule has 1 amide bonds. The summed E-state index contributed by atoms with van der Waals surface area (Å²) in [6.45, 7) is 1.84. The molecule has 1 N–H and O–H groups in total. The van der Waals surface area contributed by atoms with E-state index in [4.69, 9.17) is 5.11 Å². The predicted molar refractivity (Wildman–Crippen MR) is 85.1 cm³/mol. The molecule has 120 valence electrons. The summed E-state index contributed by atoms with van der Waals surface area (Å²) in [5, 5.41) is 9.06. The van der Waals surface area contributed by atoms with E-state index in [1.807, 2.05) is 6.07 Å². The number of aliphatic carboxylic acids is 1. The smallest absolute Gasteiger partial charge is 0.308 e. The molecule has 22 heavy (non-hydrogen) atoms. The largest absolute Gasteiger partial charge is 0.481 e. The molecular formula is C16H21NO4S. The Labute approximate surface area is 132 Å². The number of carbonyl (C=O) groups excluding carboxylic acids is 1. The van der Waals surface area contributed by atoms with Gasteiger partial charge in [0.15, 0.2) is 0 Å². The molecule has 0 heterocycles. The summed E-state index contributed by atoms with van der Waals surface area (Å²) in [5.74, 6) is -1.21. The normalized spacial score (nSPS) is 16.8. The van der Waals surface area contributed by atoms with Crippen LogP contribution in [0.2, 0.25) is 0 Å². The van der Waals surface area contributed by atoms with Gasteiger partial charge in [-0.05, 0) is 30.5 Å². The molecule has 2 atom stereocenters. The minimum Gasteiger partial charge on any atom is -0.481 e. The second-order valence-electron chi connectivity index (χ2n) is 5.85. The Hall–Kier alpha value is -1.69. The van der Waals surface area contributed by atoms with E-state index in [9.17, 15) is 13.8 Å². The van der Waals surface area contributed by atoms with Crippen molar-refractivity contribution in [3.05, 3.63) is 35.4 Å². The lowest BCUT2D eigenvalue weighted by molar-refractivity contribution is -0.141. The SMILES string of the molecule is CC(CN(C(=O)c1cccc(CS(C)=O)c1)C1CC1)C(=O)O. The van der Waals surface area contributed by atoms with Crippen LogP contribution in [0.15, 0.2) is 24.3 Å². The van der Waals surface area contributed by atoms with E-state index in [1.165, 1.54) is 0 Å². The highest BCUT2D eigenvalue weighted by Crippen LogP contribution is 2.29. The Morgan fingerprint density at radius 2 is 2.09 bits per heavy atom. The van der Waals surface area contributed by atoms with Gasteiger partial charge in [0.1, 0.15) is 0 Å². The zero-order chi connectivity index (χ0) is 16.3. The van der Waals surface area contributed by atoms with Crippen molar-refractivity contribution in [2.45, 2.75) is 31.6 Å². The van der Waals surface area contributed by atoms with Crippen LogP contribution in [0.25, 0.3) is 0 Å². The van der Waals surface area contributed by atoms with Crippen molar-refractivity contribution in [2.24, 2.45) is 5.92 Å². The average Bonchev–Trinajstić information content (AvgIpc) is 3.27. The zero-order valence-electron chi connectivity index (χ0n) is 12.8. The molecule has 2 rings (SSSR count). The molecule has 0 radical (unpaired) electrons. The highest BCUT2D eigenvalue weighted by Gasteiger charge is 2.34. The summed E-state index contributed by atoms with van der Waals surface area (Å²) >= 11 is 0. The molecule has 5 nitrogen and oxygen atoms in total. The highest BCUT2D eigenvalue weighted by molar-refractivity contribution is 7.83. The first-order valence-corrected chi connectivity index (χ1v) is 9.04. The van der Waals surface area contributed by atoms with Gasteiger partial charge in [-0.25, -0.2) is 0 Å². The van der Waals surface area contributed by atoms with Crippen molar-refractivity contribution < 1.29 is 18.9 Å². The number of rotatable bonds is 7. The fourth-order valence-corrected chi connectivity index (χ4v) is 3.00. The third-order valence-corrected chi connectivity index (χ3v) is 4.42. The van der Waals surface area contributed by atoms with E-state index in [2.05, 4.69) is 0 Å². The minimum absolute atomic E-state index is 0.140. The van der Waals surface area contributed by atoms with Crippen LogP contribution >= 0.6 is 0 Å². The van der Waals surface area contributed by atoms with Crippen LogP contribution in [-0.4, -0.2) is 44.9 Å². The van der Waals surface area contributed by atoms with E-state index < -0.39 is 22.7 Å². The molecule has 0 aliphatic heterocycles. The molecule has 1 aliphatic rings. The van der Waals surface area contributed by atoms with Crippen molar-refractivity contribution in [1.29, 1.82) is 0 Å². The maximum absolute atomic E-state index is 12.7. The number of hydrogen-bond acceptors (Lipinski definition) is 3. The van der Waals surface area contributed by atoms with E-state index in [1.54, 1.807) is 36.3 Å². The monoisotopic (exact) mass is 323 g/mol. The lowest BCUT2D eigenvalue weighted by atomic mass is 10.1. The first-order chi connectivity index (χ1) is 10.4. The average molecular weight is 323 g/mol. The van der Waals surface area contributed by atoms with Crippen molar-refractivity contribution in [1.82, 2.24) is 4.90 Å². The Morgan fingerprint density at radius 3 is 2.64 bits per heavy atom. The summed E-state index contributed by atoms with van der Waals surface area (Å²) in [4.78, 5) is 25.4. The maximum atomic E-state index is 12.7. The number of carbonyl (C=O) groups is 2. The Morgan fingerprint density at radius 1 is 1.41 bits per heavy atom. The molecule has 1 aromatic rings. The lowest BCUT2D eigenvalue weighted by Crippen LogP contribution is -2.38. The second kappa shape index (κ2) is 7.05. The van der Waals surface area contributed by atoms with E-state index >= 15 is 0 Å². The third kappa shape index (κ3) is 4.40. The van der Waals surface area contributed by atoms with Gasteiger partial charge in [-0.1, -0.05) is 19.1 Å². The van der Waals surface area contributed by atoms with E-state index in [0.717, 1.165) is 18.4 Å². The Balaban J connectivity index is 2.16. The molecule has 1 aliphatic carbocycles. The predicted octanol–water partition coefficient (Wildman–Crippen LogP) is 1.89. The number of nitrogens with zero attached hydrogens (tertiary/aromatic N) is 1. The van der Waals surface area contributed by atoms with Crippen LogP contribution in [0, 0.1) is 5.92 Å². The fourth-order valence-electron chi connectivity index (χ4n) is 2.35. The third-order valence-electron chi connectivity index (χ3n) is 3.68. The van der Waals surface area contributed by atoms with Gasteiger partial charge >= 0.3 is 5.97 Å². The van der Waals surface area contributed by atoms with Gasteiger partial charge in [0, 0.05) is 41.0 Å². The lowest BCUT2D eigenvalue weighted by Gasteiger charge is -2.24. The van der Waals surface area contributed by atoms with Gasteiger partial charge in [-0.2, -0.15) is 0 Å². The van der Waals surface area contributed by atoms with Crippen LogP contribution in [0.1, 0.15) is 35.7 Å². The molecular weight excluding hydrogens is 302 g/mol. The quantitative estimate of drug-likeness (QED) is 0.831. The van der Waals surface area contributed by atoms with Crippen LogP contribution in [-0.2, 0) is 21.3 Å². The molecule has 1 saturated carbocycles. The molecule has 6 heteroatoms. The van der Waals surface area contributed by atoms with E-state index in [-0.39, 0.29) is 18.5 Å². The molecule has 0 saturated heterocycles. The zero-order valence-corrected chi connectivity index (χ0v) is 13.6. The van der Waals surface area contributed by atoms with Crippen LogP contribution in [0.3, 0.4) is 0 Å². The summed E-state index contributed by atoms with van der Waals surface area (Å²) in [6.07, 6.45) is 3.48. The summed E-state index contributed by atoms with van der Waals surface area (Å²) < 4.78 is 11.3. The van der Waals surface area contributed by atoms with Gasteiger partial charge in [0.25, 0.3) is 5.91 Å². The summed E-state index contributed by atoms with van der Waals surface area (Å²) in [5.41, 5.74) is 1.39. The minimum atomic E-state index is -0.963. The number of benzene rings is 1. The fraction of sp³-hybridized carbons (Fsp3) is 0.500. The standard InChI is InChI=1S/C16H21NO4S/c1-11(16(19)20)9-17(14-6-7-14)15(18)13-5-3-4-12(8-13)10-22(2)21/h3-5,8,11,14H,6-7,9-10H2,1-2H3,(H,19,20). The molecule has 0 bridgehead atoms. The van der Waals surface area contributed by atoms with Crippen molar-refractivity contribution in [2.75, 3.05) is 12.8 Å². The van der Waals surface area contributed by atoms with Crippen molar-refractivity contribution in [3.63, 3.8) is 0 Å². The molecule has 2 unspecified atom stereocenters. The number of carboxylic acids is 1. The molecule has 1 aromatic carbocycles. The van der Waals surface area contributed by atoms with Crippen molar-refractivity contribution in [3.8, 4) is 0 Å². The molecule has 0 aromatic heterocycles. The topological polar surface area (TPSA) is 74.7 Å². The molecule has 1 fully saturated rings. The highest BCUT2D eigenvalue weighted by atomic mass is 32.2. The van der Waals surface area contributed by atoms with Gasteiger partial charge in [-0.15, -0.1) is 0 Å². The second-order valence-corrected chi connectivity index (χ2v) is 7.28. The van der Waals surface area contributed by atoms with Gasteiger partial charge < -0.3 is 10.0 Å². The van der Waals surface area contributed by atoms with E-state index in [0.29, 0.717) is 11.3 Å². The number of hydrogen-bond donors (Lipinski definition) is 1. The first kappa shape index (κ1) is 16.7. The van der Waals surface area contributed by atoms with Crippen LogP contribution < -0.4 is 0 Å². The Bertz CT molecular complexity index is 598.